The van der Waals surface area contributed by atoms with Gasteiger partial charge in [0.25, 0.3) is 0 Å². The lowest BCUT2D eigenvalue weighted by atomic mass is 10.1. The highest BCUT2D eigenvalue weighted by atomic mass is 16.5. The quantitative estimate of drug-likeness (QED) is 0.792. The highest BCUT2D eigenvalue weighted by Crippen LogP contribution is 2.19. The smallest absolute Gasteiger partial charge is 0.241 e. The van der Waals surface area contributed by atoms with E-state index in [4.69, 9.17) is 4.74 Å². The number of rotatable bonds is 5. The number of unbranched alkanes of at least 4 members (excludes halogenated alkanes) is 1. The third-order valence-corrected chi connectivity index (χ3v) is 3.76. The van der Waals surface area contributed by atoms with Crippen molar-refractivity contribution in [2.24, 2.45) is 0 Å². The lowest BCUT2D eigenvalue weighted by Crippen LogP contribution is -2.40. The van der Waals surface area contributed by atoms with Crippen LogP contribution in [0.15, 0.2) is 0 Å². The Morgan fingerprint density at radius 1 is 1.53 bits per heavy atom. The van der Waals surface area contributed by atoms with Gasteiger partial charge in [-0.15, -0.1) is 0 Å². The Kier molecular flexibility index (Phi) is 4.40. The Morgan fingerprint density at radius 2 is 2.35 bits per heavy atom. The molecule has 2 rings (SSSR count). The van der Waals surface area contributed by atoms with Gasteiger partial charge in [-0.2, -0.15) is 0 Å². The molecule has 1 N–H and O–H groups in total. The highest BCUT2D eigenvalue weighted by Gasteiger charge is 2.37. The van der Waals surface area contributed by atoms with Crippen LogP contribution in [0.4, 0.5) is 0 Å². The van der Waals surface area contributed by atoms with Crippen LogP contribution in [-0.4, -0.2) is 42.3 Å². The van der Waals surface area contributed by atoms with Crippen LogP contribution in [-0.2, 0) is 9.53 Å². The number of ether oxygens (including phenoxy) is 1. The second-order valence-electron chi connectivity index (χ2n) is 5.16. The molecule has 98 valence electrons. The molecule has 4 heteroatoms. The fourth-order valence-corrected chi connectivity index (χ4v) is 2.71. The van der Waals surface area contributed by atoms with E-state index in [9.17, 15) is 4.79 Å². The summed E-state index contributed by atoms with van der Waals surface area (Å²) in [6.07, 6.45) is 5.86. The van der Waals surface area contributed by atoms with Crippen LogP contribution in [0.5, 0.6) is 0 Å². The van der Waals surface area contributed by atoms with E-state index in [1.807, 2.05) is 4.90 Å². The molecular formula is C13H24N2O2. The van der Waals surface area contributed by atoms with E-state index in [-0.39, 0.29) is 24.2 Å². The Hall–Kier alpha value is -0.610. The maximum atomic E-state index is 12.2. The summed E-state index contributed by atoms with van der Waals surface area (Å²) in [6.45, 7) is 5.84. The van der Waals surface area contributed by atoms with Crippen molar-refractivity contribution in [3.63, 3.8) is 0 Å². The largest absolute Gasteiger partial charge is 0.376 e. The third-order valence-electron chi connectivity index (χ3n) is 3.76. The first-order chi connectivity index (χ1) is 8.22. The van der Waals surface area contributed by atoms with Gasteiger partial charge in [-0.05, 0) is 26.2 Å². The SMILES string of the molecule is CCCCC1NC(C)N(CC2CCCO2)C1=O. The van der Waals surface area contributed by atoms with Gasteiger partial charge in [0.2, 0.25) is 5.91 Å². The van der Waals surface area contributed by atoms with Gasteiger partial charge in [-0.25, -0.2) is 0 Å². The zero-order valence-electron chi connectivity index (χ0n) is 10.9. The van der Waals surface area contributed by atoms with Crippen molar-refractivity contribution in [1.82, 2.24) is 10.2 Å². The van der Waals surface area contributed by atoms with Gasteiger partial charge in [-0.1, -0.05) is 19.8 Å². The van der Waals surface area contributed by atoms with Crippen molar-refractivity contribution in [1.29, 1.82) is 0 Å². The Balaban J connectivity index is 1.86. The van der Waals surface area contributed by atoms with Crippen LogP contribution in [0.2, 0.25) is 0 Å². The van der Waals surface area contributed by atoms with E-state index in [1.54, 1.807) is 0 Å². The molecule has 3 atom stereocenters. The summed E-state index contributed by atoms with van der Waals surface area (Å²) in [5.41, 5.74) is 0. The van der Waals surface area contributed by atoms with Crippen molar-refractivity contribution in [2.75, 3.05) is 13.2 Å². The monoisotopic (exact) mass is 240 g/mol. The van der Waals surface area contributed by atoms with Crippen molar-refractivity contribution in [2.45, 2.75) is 64.3 Å². The Bertz CT molecular complexity index is 264. The fourth-order valence-electron chi connectivity index (χ4n) is 2.71. The number of nitrogens with zero attached hydrogens (tertiary/aromatic N) is 1. The Labute approximate surface area is 104 Å². The number of carbonyl (C=O) groups is 1. The van der Waals surface area contributed by atoms with Crippen LogP contribution in [0.3, 0.4) is 0 Å². The molecule has 0 aliphatic carbocycles. The molecule has 2 heterocycles. The molecule has 3 unspecified atom stereocenters. The molecule has 0 spiro atoms. The first-order valence-electron chi connectivity index (χ1n) is 6.90. The molecule has 0 bridgehead atoms. The van der Waals surface area contributed by atoms with Gasteiger partial charge >= 0.3 is 0 Å². The number of hydrogen-bond acceptors (Lipinski definition) is 3. The molecule has 1 amide bonds. The number of hydrogen-bond donors (Lipinski definition) is 1. The maximum Gasteiger partial charge on any atom is 0.241 e. The fraction of sp³-hybridized carbons (Fsp3) is 0.923. The van der Waals surface area contributed by atoms with Gasteiger partial charge in [0.15, 0.2) is 0 Å². The predicted molar refractivity (Wildman–Crippen MR) is 66.6 cm³/mol. The van der Waals surface area contributed by atoms with Gasteiger partial charge in [0.05, 0.1) is 18.3 Å². The second-order valence-corrected chi connectivity index (χ2v) is 5.16. The minimum Gasteiger partial charge on any atom is -0.376 e. The number of nitrogens with one attached hydrogen (secondary N) is 1. The molecular weight excluding hydrogens is 216 g/mol. The lowest BCUT2D eigenvalue weighted by molar-refractivity contribution is -0.131. The minimum absolute atomic E-state index is 0.0337. The number of carbonyl (C=O) groups excluding carboxylic acids is 1. The normalized spacial score (nSPS) is 33.6. The minimum atomic E-state index is 0.0337. The molecule has 2 aliphatic heterocycles. The van der Waals surface area contributed by atoms with Gasteiger partial charge in [0, 0.05) is 13.2 Å². The highest BCUT2D eigenvalue weighted by molar-refractivity contribution is 5.84. The van der Waals surface area contributed by atoms with E-state index in [2.05, 4.69) is 19.2 Å². The zero-order valence-corrected chi connectivity index (χ0v) is 10.9. The zero-order chi connectivity index (χ0) is 12.3. The molecule has 0 radical (unpaired) electrons. The summed E-state index contributed by atoms with van der Waals surface area (Å²) in [4.78, 5) is 14.2. The van der Waals surface area contributed by atoms with Crippen LogP contribution in [0.1, 0.15) is 46.0 Å². The molecule has 4 nitrogen and oxygen atoms in total. The molecule has 2 fully saturated rings. The van der Waals surface area contributed by atoms with Crippen molar-refractivity contribution < 1.29 is 9.53 Å². The Morgan fingerprint density at radius 3 is 3.00 bits per heavy atom. The second kappa shape index (κ2) is 5.83. The summed E-state index contributed by atoms with van der Waals surface area (Å²) in [6, 6.07) is 0.0337. The molecule has 0 aromatic rings. The molecule has 17 heavy (non-hydrogen) atoms. The first kappa shape index (κ1) is 12.8. The molecule has 2 aliphatic rings. The van der Waals surface area contributed by atoms with Gasteiger partial charge < -0.3 is 9.64 Å². The first-order valence-corrected chi connectivity index (χ1v) is 6.90. The summed E-state index contributed by atoms with van der Waals surface area (Å²) in [7, 11) is 0. The van der Waals surface area contributed by atoms with Gasteiger partial charge in [-0.3, -0.25) is 10.1 Å². The molecule has 0 saturated carbocycles. The molecule has 0 aromatic carbocycles. The molecule has 0 aromatic heterocycles. The summed E-state index contributed by atoms with van der Waals surface area (Å²) in [5, 5.41) is 3.38. The predicted octanol–water partition coefficient (Wildman–Crippen LogP) is 1.50. The van der Waals surface area contributed by atoms with E-state index >= 15 is 0 Å². The third kappa shape index (κ3) is 2.99. The van der Waals surface area contributed by atoms with Crippen LogP contribution < -0.4 is 5.32 Å². The van der Waals surface area contributed by atoms with Gasteiger partial charge in [0.1, 0.15) is 0 Å². The summed E-state index contributed by atoms with van der Waals surface area (Å²) < 4.78 is 5.61. The van der Waals surface area contributed by atoms with E-state index in [0.29, 0.717) is 0 Å². The number of amides is 1. The van der Waals surface area contributed by atoms with Crippen molar-refractivity contribution >= 4 is 5.91 Å². The summed E-state index contributed by atoms with van der Waals surface area (Å²) >= 11 is 0. The average molecular weight is 240 g/mol. The average Bonchev–Trinajstić information content (AvgIpc) is 2.90. The van der Waals surface area contributed by atoms with Crippen LogP contribution >= 0.6 is 0 Å². The molecule has 2 saturated heterocycles. The van der Waals surface area contributed by atoms with Crippen LogP contribution in [0, 0.1) is 0 Å². The van der Waals surface area contributed by atoms with Crippen molar-refractivity contribution in [3.05, 3.63) is 0 Å². The van der Waals surface area contributed by atoms with E-state index < -0.39 is 0 Å². The topological polar surface area (TPSA) is 41.6 Å². The lowest BCUT2D eigenvalue weighted by Gasteiger charge is -2.23. The van der Waals surface area contributed by atoms with E-state index in [0.717, 1.165) is 45.3 Å². The van der Waals surface area contributed by atoms with E-state index in [1.165, 1.54) is 0 Å². The maximum absolute atomic E-state index is 12.2. The van der Waals surface area contributed by atoms with Crippen molar-refractivity contribution in [3.8, 4) is 0 Å². The standard InChI is InChI=1S/C13H24N2O2/c1-3-4-7-12-13(16)15(10(2)14-12)9-11-6-5-8-17-11/h10-12,14H,3-9H2,1-2H3. The summed E-state index contributed by atoms with van der Waals surface area (Å²) in [5.74, 6) is 0.265. The van der Waals surface area contributed by atoms with Crippen LogP contribution in [0.25, 0.3) is 0 Å².